The Morgan fingerprint density at radius 1 is 1.25 bits per heavy atom. The summed E-state index contributed by atoms with van der Waals surface area (Å²) in [5.41, 5.74) is 5.22. The number of carbonyl (C=O) groups is 1. The van der Waals surface area contributed by atoms with Crippen LogP contribution in [0.3, 0.4) is 0 Å². The lowest BCUT2D eigenvalue weighted by Gasteiger charge is -2.09. The van der Waals surface area contributed by atoms with E-state index in [4.69, 9.17) is 5.73 Å². The molecule has 0 aliphatic carbocycles. The molecule has 0 unspecified atom stereocenters. The number of rotatable bonds is 4. The van der Waals surface area contributed by atoms with Crippen LogP contribution in [0.25, 0.3) is 10.9 Å². The van der Waals surface area contributed by atoms with Crippen LogP contribution in [0.1, 0.15) is 12.2 Å². The first kappa shape index (κ1) is 14.6. The maximum absolute atomic E-state index is 12.7. The first-order valence-electron chi connectivity index (χ1n) is 5.63. The van der Waals surface area contributed by atoms with Crippen LogP contribution in [-0.2, 0) is 11.0 Å². The largest absolute Gasteiger partial charge is 0.451 e. The van der Waals surface area contributed by atoms with Crippen LogP contribution in [0.4, 0.5) is 13.2 Å². The van der Waals surface area contributed by atoms with Gasteiger partial charge >= 0.3 is 6.18 Å². The number of nitrogens with zero attached hydrogens (tertiary/aromatic N) is 2. The second-order valence-corrected chi connectivity index (χ2v) is 5.02. The van der Waals surface area contributed by atoms with E-state index in [0.29, 0.717) is 5.39 Å². The smallest absolute Gasteiger partial charge is 0.370 e. The van der Waals surface area contributed by atoms with Gasteiger partial charge in [-0.1, -0.05) is 18.2 Å². The van der Waals surface area contributed by atoms with Gasteiger partial charge in [-0.2, -0.15) is 13.2 Å². The quantitative estimate of drug-likeness (QED) is 0.696. The molecule has 1 amide bonds. The Hall–Kier alpha value is -1.83. The van der Waals surface area contributed by atoms with Crippen molar-refractivity contribution in [1.82, 2.24) is 9.97 Å². The highest BCUT2D eigenvalue weighted by Gasteiger charge is 2.35. The van der Waals surface area contributed by atoms with Crippen molar-refractivity contribution in [3.05, 3.63) is 30.1 Å². The zero-order valence-electron chi connectivity index (χ0n) is 10.1. The predicted octanol–water partition coefficient (Wildman–Crippen LogP) is 2.62. The molecular weight excluding hydrogens is 291 g/mol. The van der Waals surface area contributed by atoms with Gasteiger partial charge in [-0.3, -0.25) is 4.79 Å². The van der Waals surface area contributed by atoms with Gasteiger partial charge in [0.25, 0.3) is 0 Å². The average Bonchev–Trinajstić information content (AvgIpc) is 2.37. The van der Waals surface area contributed by atoms with Gasteiger partial charge in [-0.25, -0.2) is 9.97 Å². The Kier molecular flexibility index (Phi) is 4.12. The highest BCUT2D eigenvalue weighted by atomic mass is 32.2. The Bertz CT molecular complexity index is 645. The molecule has 20 heavy (non-hydrogen) atoms. The topological polar surface area (TPSA) is 68.9 Å². The molecule has 1 aromatic heterocycles. The highest BCUT2D eigenvalue weighted by molar-refractivity contribution is 7.99. The maximum atomic E-state index is 12.7. The van der Waals surface area contributed by atoms with Crippen molar-refractivity contribution in [1.29, 1.82) is 0 Å². The lowest BCUT2D eigenvalue weighted by Crippen LogP contribution is -2.13. The number of nitrogens with two attached hydrogens (primary N) is 1. The zero-order chi connectivity index (χ0) is 14.8. The fraction of sp³-hybridized carbons (Fsp3) is 0.250. The van der Waals surface area contributed by atoms with Crippen LogP contribution in [0.5, 0.6) is 0 Å². The van der Waals surface area contributed by atoms with Gasteiger partial charge in [0, 0.05) is 17.6 Å². The highest BCUT2D eigenvalue weighted by Crippen LogP contribution is 2.32. The van der Waals surface area contributed by atoms with Crippen molar-refractivity contribution in [2.45, 2.75) is 17.6 Å². The van der Waals surface area contributed by atoms with Crippen LogP contribution < -0.4 is 5.73 Å². The normalized spacial score (nSPS) is 11.8. The first-order valence-corrected chi connectivity index (χ1v) is 6.61. The fourth-order valence-corrected chi connectivity index (χ4v) is 2.51. The molecule has 0 fully saturated rings. The third-order valence-electron chi connectivity index (χ3n) is 2.41. The molecule has 0 aliphatic rings. The van der Waals surface area contributed by atoms with Crippen LogP contribution >= 0.6 is 11.8 Å². The lowest BCUT2D eigenvalue weighted by atomic mass is 10.2. The van der Waals surface area contributed by atoms with Crippen molar-refractivity contribution in [2.75, 3.05) is 5.75 Å². The molecule has 106 valence electrons. The molecule has 2 aromatic rings. The van der Waals surface area contributed by atoms with Crippen molar-refractivity contribution in [3.8, 4) is 0 Å². The third-order valence-corrected chi connectivity index (χ3v) is 3.40. The Morgan fingerprint density at radius 3 is 2.60 bits per heavy atom. The Morgan fingerprint density at radius 2 is 1.95 bits per heavy atom. The van der Waals surface area contributed by atoms with Gasteiger partial charge < -0.3 is 5.73 Å². The maximum Gasteiger partial charge on any atom is 0.451 e. The minimum atomic E-state index is -4.61. The molecule has 4 nitrogen and oxygen atoms in total. The summed E-state index contributed by atoms with van der Waals surface area (Å²) < 4.78 is 38.2. The Labute approximate surface area is 116 Å². The summed E-state index contributed by atoms with van der Waals surface area (Å²) in [6.45, 7) is 0. The summed E-state index contributed by atoms with van der Waals surface area (Å²) >= 11 is 1.06. The van der Waals surface area contributed by atoms with Crippen molar-refractivity contribution < 1.29 is 18.0 Å². The van der Waals surface area contributed by atoms with E-state index in [9.17, 15) is 18.0 Å². The van der Waals surface area contributed by atoms with Gasteiger partial charge in [0.05, 0.1) is 5.52 Å². The van der Waals surface area contributed by atoms with Crippen LogP contribution in [0.2, 0.25) is 0 Å². The summed E-state index contributed by atoms with van der Waals surface area (Å²) in [6.07, 6.45) is -4.53. The van der Waals surface area contributed by atoms with E-state index in [-0.39, 0.29) is 22.7 Å². The molecule has 2 rings (SSSR count). The number of carbonyl (C=O) groups excluding carboxylic acids is 1. The van der Waals surface area contributed by atoms with E-state index in [2.05, 4.69) is 9.97 Å². The lowest BCUT2D eigenvalue weighted by molar-refractivity contribution is -0.145. The minimum absolute atomic E-state index is 0.0738. The summed E-state index contributed by atoms with van der Waals surface area (Å²) in [7, 11) is 0. The Balaban J connectivity index is 2.41. The first-order chi connectivity index (χ1) is 9.38. The van der Waals surface area contributed by atoms with Gasteiger partial charge in [-0.15, -0.1) is 11.8 Å². The standard InChI is InChI=1S/C12H10F3N3OS/c13-12(14,15)11-17-8-4-2-1-3-7(8)10(18-11)20-6-5-9(16)19/h1-4H,5-6H2,(H2,16,19). The molecular formula is C12H10F3N3OS. The number of alkyl halides is 3. The van der Waals surface area contributed by atoms with Gasteiger partial charge in [0.15, 0.2) is 0 Å². The summed E-state index contributed by atoms with van der Waals surface area (Å²) in [5.74, 6) is -1.42. The molecule has 2 N–H and O–H groups in total. The van der Waals surface area contributed by atoms with Crippen LogP contribution in [0, 0.1) is 0 Å². The second kappa shape index (κ2) is 5.66. The zero-order valence-corrected chi connectivity index (χ0v) is 11.0. The van der Waals surface area contributed by atoms with Crippen LogP contribution in [0.15, 0.2) is 29.3 Å². The van der Waals surface area contributed by atoms with Gasteiger partial charge in [0.1, 0.15) is 5.03 Å². The third kappa shape index (κ3) is 3.38. The number of amides is 1. The van der Waals surface area contributed by atoms with Crippen molar-refractivity contribution in [2.24, 2.45) is 5.73 Å². The number of primary amides is 1. The van der Waals surface area contributed by atoms with E-state index in [0.717, 1.165) is 11.8 Å². The average molecular weight is 301 g/mol. The summed E-state index contributed by atoms with van der Waals surface area (Å²) in [6, 6.07) is 6.43. The number of halogens is 3. The molecule has 0 spiro atoms. The summed E-state index contributed by atoms with van der Waals surface area (Å²) in [5, 5.41) is 0.721. The summed E-state index contributed by atoms with van der Waals surface area (Å²) in [4.78, 5) is 17.7. The van der Waals surface area contributed by atoms with Crippen molar-refractivity contribution >= 4 is 28.6 Å². The number of hydrogen-bond acceptors (Lipinski definition) is 4. The predicted molar refractivity (Wildman–Crippen MR) is 69.1 cm³/mol. The molecule has 0 radical (unpaired) electrons. The van der Waals surface area contributed by atoms with Crippen LogP contribution in [-0.4, -0.2) is 21.6 Å². The molecule has 0 saturated heterocycles. The second-order valence-electron chi connectivity index (χ2n) is 3.93. The van der Waals surface area contributed by atoms with E-state index < -0.39 is 17.9 Å². The number of thioether (sulfide) groups is 1. The van der Waals surface area contributed by atoms with E-state index in [1.165, 1.54) is 6.07 Å². The number of benzene rings is 1. The van der Waals surface area contributed by atoms with Crippen molar-refractivity contribution in [3.63, 3.8) is 0 Å². The number of aromatic nitrogens is 2. The van der Waals surface area contributed by atoms with Gasteiger partial charge in [0.2, 0.25) is 11.7 Å². The molecule has 0 saturated carbocycles. The molecule has 0 atom stereocenters. The van der Waals surface area contributed by atoms with E-state index in [1.54, 1.807) is 18.2 Å². The molecule has 0 bridgehead atoms. The number of fused-ring (bicyclic) bond motifs is 1. The number of para-hydroxylation sites is 1. The monoisotopic (exact) mass is 301 g/mol. The SMILES string of the molecule is NC(=O)CCSc1nc(C(F)(F)F)nc2ccccc12. The van der Waals surface area contributed by atoms with E-state index in [1.807, 2.05) is 0 Å². The molecule has 8 heteroatoms. The molecule has 0 aliphatic heterocycles. The van der Waals surface area contributed by atoms with Gasteiger partial charge in [-0.05, 0) is 6.07 Å². The molecule has 1 heterocycles. The number of hydrogen-bond donors (Lipinski definition) is 1. The fourth-order valence-electron chi connectivity index (χ4n) is 1.53. The minimum Gasteiger partial charge on any atom is -0.370 e. The molecule has 1 aromatic carbocycles. The van der Waals surface area contributed by atoms with E-state index >= 15 is 0 Å².